The highest BCUT2D eigenvalue weighted by molar-refractivity contribution is 7.93. The van der Waals surface area contributed by atoms with E-state index in [1.165, 1.54) is 38.5 Å². The molecule has 2 N–H and O–H groups in total. The number of nitrogens with zero attached hydrogens (tertiary/aromatic N) is 3. The van der Waals surface area contributed by atoms with Crippen molar-refractivity contribution in [3.8, 4) is 0 Å². The maximum Gasteiger partial charge on any atom is 0.244 e. The fraction of sp³-hybridized carbons (Fsp3) is 0.808. The standard InChI is InChI=1S/C26H42ClN5O3S/c1-4-5-6-7-8-9-10-11-12-13-18-36(34,35)25(3)24(33)29-26(25)16-14-20(15-17-26)22-28-23-21(27)19(2)30-32(23)31-22/h20,30H,4-18H2,1-3H3,(H,29,33). The number of hydrogen-bond donors (Lipinski definition) is 2. The Hall–Kier alpha value is -1.61. The van der Waals surface area contributed by atoms with E-state index >= 15 is 0 Å². The van der Waals surface area contributed by atoms with Crippen LogP contribution in [0.15, 0.2) is 0 Å². The van der Waals surface area contributed by atoms with Crippen LogP contribution in [0.1, 0.15) is 121 Å². The van der Waals surface area contributed by atoms with Gasteiger partial charge in [0, 0.05) is 5.92 Å². The van der Waals surface area contributed by atoms with Gasteiger partial charge in [0.2, 0.25) is 5.91 Å². The number of aromatic nitrogens is 4. The monoisotopic (exact) mass is 539 g/mol. The zero-order chi connectivity index (χ0) is 26.0. The number of carbonyl (C=O) groups is 1. The third-order valence-corrected chi connectivity index (χ3v) is 11.8. The molecule has 1 aliphatic heterocycles. The van der Waals surface area contributed by atoms with Gasteiger partial charge in [-0.15, -0.1) is 5.10 Å². The van der Waals surface area contributed by atoms with Gasteiger partial charge in [0.1, 0.15) is 5.02 Å². The fourth-order valence-electron chi connectivity index (χ4n) is 6.10. The Bertz CT molecular complexity index is 1170. The Balaban J connectivity index is 1.28. The summed E-state index contributed by atoms with van der Waals surface area (Å²) in [6.07, 6.45) is 14.2. The summed E-state index contributed by atoms with van der Waals surface area (Å²) in [6, 6.07) is 0. The Morgan fingerprint density at radius 3 is 2.17 bits per heavy atom. The minimum Gasteiger partial charge on any atom is -0.347 e. The van der Waals surface area contributed by atoms with Gasteiger partial charge >= 0.3 is 0 Å². The van der Waals surface area contributed by atoms with Crippen LogP contribution in [0.5, 0.6) is 0 Å². The van der Waals surface area contributed by atoms with E-state index in [9.17, 15) is 13.2 Å². The average Bonchev–Trinajstić information content (AvgIpc) is 3.38. The molecule has 1 spiro atoms. The number of carbonyl (C=O) groups excluding carboxylic acids is 1. The molecule has 1 saturated heterocycles. The number of fused-ring (bicyclic) bond motifs is 1. The van der Waals surface area contributed by atoms with E-state index in [4.69, 9.17) is 11.6 Å². The van der Waals surface area contributed by atoms with Crippen molar-refractivity contribution in [3.63, 3.8) is 0 Å². The molecule has 1 saturated carbocycles. The van der Waals surface area contributed by atoms with E-state index < -0.39 is 20.1 Å². The normalized spacial score (nSPS) is 26.4. The van der Waals surface area contributed by atoms with Crippen LogP contribution in [0.2, 0.25) is 5.02 Å². The molecular formula is C26H42ClN5O3S. The summed E-state index contributed by atoms with van der Waals surface area (Å²) in [6.45, 7) is 5.75. The van der Waals surface area contributed by atoms with E-state index in [0.29, 0.717) is 29.9 Å². The summed E-state index contributed by atoms with van der Waals surface area (Å²) in [5, 5.41) is 11.2. The number of rotatable bonds is 13. The summed E-state index contributed by atoms with van der Waals surface area (Å²) >= 11 is 6.31. The summed E-state index contributed by atoms with van der Waals surface area (Å²) in [5.74, 6) is 0.582. The minimum atomic E-state index is -3.56. The highest BCUT2D eigenvalue weighted by Gasteiger charge is 2.69. The topological polar surface area (TPSA) is 109 Å². The SMILES string of the molecule is CCCCCCCCCCCCS(=O)(=O)C1(C)C(=O)NC12CCC(c1nc3c(Cl)c(C)[nH]n3n1)CC2. The first-order chi connectivity index (χ1) is 17.1. The van der Waals surface area contributed by atoms with E-state index in [1.54, 1.807) is 11.6 Å². The second-order valence-electron chi connectivity index (χ2n) is 11.1. The Labute approximate surface area is 220 Å². The highest BCUT2D eigenvalue weighted by atomic mass is 35.5. The number of aromatic amines is 1. The van der Waals surface area contributed by atoms with Gasteiger partial charge in [-0.05, 0) is 46.0 Å². The molecule has 1 aliphatic carbocycles. The molecule has 2 aromatic heterocycles. The summed E-state index contributed by atoms with van der Waals surface area (Å²) < 4.78 is 27.2. The number of aryl methyl sites for hydroxylation is 1. The van der Waals surface area contributed by atoms with Crippen molar-refractivity contribution in [2.75, 3.05) is 5.75 Å². The average molecular weight is 540 g/mol. The van der Waals surface area contributed by atoms with Crippen LogP contribution in [0.3, 0.4) is 0 Å². The number of H-pyrrole nitrogens is 1. The summed E-state index contributed by atoms with van der Waals surface area (Å²) in [4.78, 5) is 17.3. The van der Waals surface area contributed by atoms with Crippen LogP contribution in [0.25, 0.3) is 5.65 Å². The number of hydrogen-bond acceptors (Lipinski definition) is 5. The van der Waals surface area contributed by atoms with E-state index in [0.717, 1.165) is 43.6 Å². The molecule has 1 amide bonds. The molecule has 1 unspecified atom stereocenters. The molecule has 4 rings (SSSR count). The van der Waals surface area contributed by atoms with Crippen LogP contribution in [0, 0.1) is 6.92 Å². The molecule has 0 radical (unpaired) electrons. The molecule has 3 heterocycles. The minimum absolute atomic E-state index is 0.0871. The number of unbranched alkanes of at least 4 members (excludes halogenated alkanes) is 9. The lowest BCUT2D eigenvalue weighted by Crippen LogP contribution is -2.83. The molecule has 8 nitrogen and oxygen atoms in total. The van der Waals surface area contributed by atoms with Crippen molar-refractivity contribution in [1.82, 2.24) is 25.1 Å². The first kappa shape index (κ1) is 27.4. The molecule has 1 atom stereocenters. The molecule has 10 heteroatoms. The second-order valence-corrected chi connectivity index (χ2v) is 13.9. The summed E-state index contributed by atoms with van der Waals surface area (Å²) in [7, 11) is -3.56. The largest absolute Gasteiger partial charge is 0.347 e. The highest BCUT2D eigenvalue weighted by Crippen LogP contribution is 2.51. The van der Waals surface area contributed by atoms with Gasteiger partial charge < -0.3 is 5.32 Å². The van der Waals surface area contributed by atoms with Gasteiger partial charge in [-0.25, -0.2) is 13.4 Å². The quantitative estimate of drug-likeness (QED) is 0.253. The number of nitrogens with one attached hydrogen (secondary N) is 2. The van der Waals surface area contributed by atoms with Crippen LogP contribution >= 0.6 is 11.6 Å². The van der Waals surface area contributed by atoms with Crippen LogP contribution in [-0.2, 0) is 14.6 Å². The van der Waals surface area contributed by atoms with Crippen molar-refractivity contribution in [2.24, 2.45) is 0 Å². The molecule has 0 bridgehead atoms. The first-order valence-corrected chi connectivity index (χ1v) is 15.8. The van der Waals surface area contributed by atoms with Crippen molar-refractivity contribution in [1.29, 1.82) is 0 Å². The summed E-state index contributed by atoms with van der Waals surface area (Å²) in [5.41, 5.74) is 0.749. The second kappa shape index (κ2) is 11.0. The van der Waals surface area contributed by atoms with Crippen molar-refractivity contribution in [3.05, 3.63) is 16.5 Å². The van der Waals surface area contributed by atoms with Gasteiger partial charge in [0.25, 0.3) is 0 Å². The number of amides is 1. The van der Waals surface area contributed by atoms with Gasteiger partial charge in [0.15, 0.2) is 26.1 Å². The Morgan fingerprint density at radius 1 is 1.03 bits per heavy atom. The maximum atomic E-state index is 13.4. The molecular weight excluding hydrogens is 498 g/mol. The van der Waals surface area contributed by atoms with Gasteiger partial charge in [-0.3, -0.25) is 9.89 Å². The molecule has 202 valence electrons. The lowest BCUT2D eigenvalue weighted by Gasteiger charge is -2.58. The van der Waals surface area contributed by atoms with Gasteiger partial charge in [-0.1, -0.05) is 76.3 Å². The predicted molar refractivity (Wildman–Crippen MR) is 143 cm³/mol. The number of sulfone groups is 1. The van der Waals surface area contributed by atoms with Crippen LogP contribution < -0.4 is 5.32 Å². The van der Waals surface area contributed by atoms with E-state index in [2.05, 4.69) is 27.4 Å². The van der Waals surface area contributed by atoms with Crippen molar-refractivity contribution < 1.29 is 13.2 Å². The van der Waals surface area contributed by atoms with Crippen LogP contribution in [0.4, 0.5) is 0 Å². The number of halogens is 1. The zero-order valence-electron chi connectivity index (χ0n) is 22.0. The maximum absolute atomic E-state index is 13.4. The lowest BCUT2D eigenvalue weighted by atomic mass is 9.64. The molecule has 2 aliphatic rings. The van der Waals surface area contributed by atoms with Gasteiger partial charge in [0.05, 0.1) is 17.0 Å². The number of β-lactam (4-membered cyclic amide) rings is 1. The Kier molecular flexibility index (Phi) is 8.39. The molecule has 0 aromatic carbocycles. The fourth-order valence-corrected chi connectivity index (χ4v) is 8.44. The predicted octanol–water partition coefficient (Wildman–Crippen LogP) is 5.64. The van der Waals surface area contributed by atoms with Crippen molar-refractivity contribution >= 4 is 33.0 Å². The smallest absolute Gasteiger partial charge is 0.244 e. The Morgan fingerprint density at radius 2 is 1.61 bits per heavy atom. The molecule has 2 aromatic rings. The van der Waals surface area contributed by atoms with Crippen molar-refractivity contribution in [2.45, 2.75) is 127 Å². The third-order valence-electron chi connectivity index (χ3n) is 8.71. The lowest BCUT2D eigenvalue weighted by molar-refractivity contribution is -0.139. The molecule has 36 heavy (non-hydrogen) atoms. The van der Waals surface area contributed by atoms with E-state index in [1.807, 2.05) is 6.92 Å². The molecule has 2 fully saturated rings. The zero-order valence-corrected chi connectivity index (χ0v) is 23.6. The van der Waals surface area contributed by atoms with Crippen LogP contribution in [-0.4, -0.2) is 50.2 Å². The van der Waals surface area contributed by atoms with E-state index in [-0.39, 0.29) is 17.6 Å². The first-order valence-electron chi connectivity index (χ1n) is 13.8. The third kappa shape index (κ3) is 4.94. The van der Waals surface area contributed by atoms with Gasteiger partial charge in [-0.2, -0.15) is 4.63 Å².